The SMILES string of the molecule is CC(C)[C@](NC(=O)OC(C)(C)C)(C(=O)O)c1cc(F)ccc1/C=C1/SC(N2CCCCN2)=NC1=O. The maximum Gasteiger partial charge on any atom is 0.408 e. The van der Waals surface area contributed by atoms with E-state index in [4.69, 9.17) is 4.74 Å². The number of aliphatic carboxylic acids is 1. The molecule has 3 N–H and O–H groups in total. The van der Waals surface area contributed by atoms with Crippen molar-refractivity contribution < 1.29 is 28.6 Å². The van der Waals surface area contributed by atoms with Crippen LogP contribution in [0, 0.1) is 11.7 Å². The van der Waals surface area contributed by atoms with E-state index in [1.165, 1.54) is 18.2 Å². The lowest BCUT2D eigenvalue weighted by Crippen LogP contribution is -2.56. The van der Waals surface area contributed by atoms with Gasteiger partial charge in [-0.2, -0.15) is 4.99 Å². The molecule has 2 heterocycles. The van der Waals surface area contributed by atoms with E-state index in [1.54, 1.807) is 34.6 Å². The van der Waals surface area contributed by atoms with Crippen molar-refractivity contribution >= 4 is 41.0 Å². The van der Waals surface area contributed by atoms with E-state index in [1.807, 2.05) is 5.01 Å². The molecule has 1 saturated heterocycles. The van der Waals surface area contributed by atoms with Crippen LogP contribution in [0.5, 0.6) is 0 Å². The number of carbonyl (C=O) groups excluding carboxylic acids is 2. The summed E-state index contributed by atoms with van der Waals surface area (Å²) in [5.41, 5.74) is 0.564. The summed E-state index contributed by atoms with van der Waals surface area (Å²) >= 11 is 1.15. The fourth-order valence-electron chi connectivity index (χ4n) is 3.90. The molecule has 1 fully saturated rings. The smallest absolute Gasteiger partial charge is 0.408 e. The van der Waals surface area contributed by atoms with Gasteiger partial charge in [0.25, 0.3) is 5.91 Å². The Labute approximate surface area is 208 Å². The standard InChI is InChI=1S/C24H31FN4O5S/c1-14(2)24(20(31)32,28-22(33)34-23(3,4)5)17-13-16(25)9-8-15(17)12-18-19(30)27-21(35-18)29-11-7-6-10-26-29/h8-9,12-14,26H,6-7,10-11H2,1-5H3,(H,28,33)(H,31,32)/b18-12+/t24-/m1/s1. The van der Waals surface area contributed by atoms with Gasteiger partial charge >= 0.3 is 12.1 Å². The Morgan fingerprint density at radius 2 is 2.03 bits per heavy atom. The van der Waals surface area contributed by atoms with Crippen LogP contribution in [0.3, 0.4) is 0 Å². The van der Waals surface area contributed by atoms with Crippen LogP contribution in [-0.4, -0.2) is 51.9 Å². The second-order valence-electron chi connectivity index (χ2n) is 9.70. The minimum absolute atomic E-state index is 0.00342. The summed E-state index contributed by atoms with van der Waals surface area (Å²) in [6.07, 6.45) is 2.53. The van der Waals surface area contributed by atoms with Crippen molar-refractivity contribution in [1.82, 2.24) is 15.8 Å². The number of hydrogen-bond donors (Lipinski definition) is 3. The first-order chi connectivity index (χ1) is 16.3. The molecule has 0 aromatic heterocycles. The normalized spacial score (nSPS) is 19.5. The summed E-state index contributed by atoms with van der Waals surface area (Å²) in [4.78, 5) is 42.4. The monoisotopic (exact) mass is 506 g/mol. The number of carboxylic acid groups (broad SMARTS) is 1. The lowest BCUT2D eigenvalue weighted by Gasteiger charge is -2.36. The molecule has 1 atom stereocenters. The molecular weight excluding hydrogens is 475 g/mol. The minimum Gasteiger partial charge on any atom is -0.479 e. The molecule has 35 heavy (non-hydrogen) atoms. The van der Waals surface area contributed by atoms with Crippen LogP contribution in [0.15, 0.2) is 28.1 Å². The Morgan fingerprint density at radius 3 is 2.60 bits per heavy atom. The number of alkyl carbamates (subject to hydrolysis) is 1. The second kappa shape index (κ2) is 10.4. The van der Waals surface area contributed by atoms with Gasteiger partial charge in [0.1, 0.15) is 11.4 Å². The number of aliphatic imine (C=N–C) groups is 1. The van der Waals surface area contributed by atoms with Crippen molar-refractivity contribution in [3.05, 3.63) is 40.0 Å². The average molecular weight is 507 g/mol. The Kier molecular flexibility index (Phi) is 7.90. The van der Waals surface area contributed by atoms with E-state index in [9.17, 15) is 23.9 Å². The van der Waals surface area contributed by atoms with Crippen molar-refractivity contribution in [3.8, 4) is 0 Å². The number of carbonyl (C=O) groups is 3. The van der Waals surface area contributed by atoms with Crippen LogP contribution in [0.2, 0.25) is 0 Å². The molecule has 2 aliphatic heterocycles. The van der Waals surface area contributed by atoms with Crippen LogP contribution in [0.25, 0.3) is 6.08 Å². The highest BCUT2D eigenvalue weighted by atomic mass is 32.2. The molecule has 0 unspecified atom stereocenters. The third kappa shape index (κ3) is 6.02. The van der Waals surface area contributed by atoms with Gasteiger partial charge in [0, 0.05) is 13.1 Å². The number of rotatable bonds is 5. The summed E-state index contributed by atoms with van der Waals surface area (Å²) in [7, 11) is 0. The molecular formula is C24H31FN4O5S. The van der Waals surface area contributed by atoms with Crippen molar-refractivity contribution in [2.45, 2.75) is 58.6 Å². The van der Waals surface area contributed by atoms with E-state index in [2.05, 4.69) is 15.7 Å². The molecule has 190 valence electrons. The highest BCUT2D eigenvalue weighted by Crippen LogP contribution is 2.37. The van der Waals surface area contributed by atoms with Crippen molar-refractivity contribution in [1.29, 1.82) is 0 Å². The maximum atomic E-state index is 14.4. The number of halogens is 1. The van der Waals surface area contributed by atoms with Gasteiger partial charge in [-0.25, -0.2) is 19.4 Å². The zero-order valence-electron chi connectivity index (χ0n) is 20.5. The summed E-state index contributed by atoms with van der Waals surface area (Å²) in [5, 5.41) is 15.1. The summed E-state index contributed by atoms with van der Waals surface area (Å²) in [5.74, 6) is -3.25. The number of amides is 2. The lowest BCUT2D eigenvalue weighted by atomic mass is 9.77. The number of amidine groups is 1. The predicted octanol–water partition coefficient (Wildman–Crippen LogP) is 3.86. The predicted molar refractivity (Wildman–Crippen MR) is 132 cm³/mol. The third-order valence-corrected chi connectivity index (χ3v) is 6.59. The quantitative estimate of drug-likeness (QED) is 0.515. The average Bonchev–Trinajstić information content (AvgIpc) is 3.12. The lowest BCUT2D eigenvalue weighted by molar-refractivity contribution is -0.147. The van der Waals surface area contributed by atoms with Crippen molar-refractivity contribution in [2.24, 2.45) is 10.9 Å². The number of thioether (sulfide) groups is 1. The van der Waals surface area contributed by atoms with Crippen LogP contribution >= 0.6 is 11.8 Å². The molecule has 0 spiro atoms. The summed E-state index contributed by atoms with van der Waals surface area (Å²) in [6.45, 7) is 9.66. The van der Waals surface area contributed by atoms with Gasteiger partial charge in [-0.15, -0.1) is 0 Å². The Hall–Kier alpha value is -2.92. The molecule has 1 aromatic carbocycles. The van der Waals surface area contributed by atoms with E-state index >= 15 is 0 Å². The van der Waals surface area contributed by atoms with Gasteiger partial charge in [0.2, 0.25) is 0 Å². The van der Waals surface area contributed by atoms with Gasteiger partial charge in [-0.3, -0.25) is 9.80 Å². The molecule has 3 rings (SSSR count). The zero-order valence-corrected chi connectivity index (χ0v) is 21.3. The topological polar surface area (TPSA) is 120 Å². The molecule has 0 radical (unpaired) electrons. The van der Waals surface area contributed by atoms with Gasteiger partial charge in [-0.05, 0) is 80.6 Å². The van der Waals surface area contributed by atoms with Crippen LogP contribution in [-0.2, 0) is 19.9 Å². The molecule has 2 aliphatic rings. The largest absolute Gasteiger partial charge is 0.479 e. The Bertz CT molecular complexity index is 1080. The molecule has 0 bridgehead atoms. The molecule has 1 aromatic rings. The fraction of sp³-hybridized carbons (Fsp3) is 0.500. The zero-order chi connectivity index (χ0) is 26.0. The second-order valence-corrected chi connectivity index (χ2v) is 10.7. The van der Waals surface area contributed by atoms with Crippen LogP contribution in [0.4, 0.5) is 9.18 Å². The number of carboxylic acids is 1. The molecule has 2 amide bonds. The van der Waals surface area contributed by atoms with E-state index in [-0.39, 0.29) is 16.0 Å². The Balaban J connectivity index is 2.04. The van der Waals surface area contributed by atoms with E-state index < -0.39 is 40.8 Å². The molecule has 11 heteroatoms. The van der Waals surface area contributed by atoms with E-state index in [0.29, 0.717) is 11.7 Å². The molecule has 9 nitrogen and oxygen atoms in total. The molecule has 0 saturated carbocycles. The highest BCUT2D eigenvalue weighted by Gasteiger charge is 2.47. The number of hydrazine groups is 1. The summed E-state index contributed by atoms with van der Waals surface area (Å²) in [6, 6.07) is 3.63. The number of ether oxygens (including phenoxy) is 1. The number of nitrogens with one attached hydrogen (secondary N) is 2. The van der Waals surface area contributed by atoms with Gasteiger partial charge in [-0.1, -0.05) is 19.9 Å². The number of benzene rings is 1. The first kappa shape index (κ1) is 26.7. The van der Waals surface area contributed by atoms with Crippen LogP contribution < -0.4 is 10.7 Å². The van der Waals surface area contributed by atoms with Gasteiger partial charge in [0.15, 0.2) is 10.7 Å². The molecule has 0 aliphatic carbocycles. The maximum absolute atomic E-state index is 14.4. The van der Waals surface area contributed by atoms with Gasteiger partial charge in [0.05, 0.1) is 4.91 Å². The fourth-order valence-corrected chi connectivity index (χ4v) is 4.81. The van der Waals surface area contributed by atoms with Crippen LogP contribution in [0.1, 0.15) is 58.6 Å². The number of hydrogen-bond acceptors (Lipinski definition) is 7. The van der Waals surface area contributed by atoms with Gasteiger partial charge < -0.3 is 15.2 Å². The Morgan fingerprint density at radius 1 is 1.31 bits per heavy atom. The van der Waals surface area contributed by atoms with E-state index in [0.717, 1.165) is 37.2 Å². The first-order valence-corrected chi connectivity index (χ1v) is 12.2. The minimum atomic E-state index is -2.03. The first-order valence-electron chi connectivity index (χ1n) is 11.4. The number of nitrogens with zero attached hydrogens (tertiary/aromatic N) is 2. The highest BCUT2D eigenvalue weighted by molar-refractivity contribution is 8.18. The third-order valence-electron chi connectivity index (χ3n) is 5.58. The van der Waals surface area contributed by atoms with Crippen molar-refractivity contribution in [2.75, 3.05) is 13.1 Å². The summed E-state index contributed by atoms with van der Waals surface area (Å²) < 4.78 is 19.7. The van der Waals surface area contributed by atoms with Crippen molar-refractivity contribution in [3.63, 3.8) is 0 Å².